The van der Waals surface area contributed by atoms with Gasteiger partial charge in [-0.15, -0.1) is 0 Å². The molecule has 0 spiro atoms. The van der Waals surface area contributed by atoms with Crippen molar-refractivity contribution in [3.05, 3.63) is 47.5 Å². The molecule has 1 aromatic rings. The van der Waals surface area contributed by atoms with Gasteiger partial charge in [-0.2, -0.15) is 0 Å². The molecule has 90 valence electrons. The third-order valence-electron chi connectivity index (χ3n) is 1.93. The van der Waals surface area contributed by atoms with Gasteiger partial charge in [0.2, 0.25) is 11.5 Å². The number of hydrogen-bond donors (Lipinski definition) is 1. The van der Waals surface area contributed by atoms with Crippen molar-refractivity contribution < 1.29 is 14.7 Å². The van der Waals surface area contributed by atoms with Gasteiger partial charge in [-0.05, 0) is 5.41 Å². The van der Waals surface area contributed by atoms with Gasteiger partial charge in [-0.3, -0.25) is 9.59 Å². The van der Waals surface area contributed by atoms with E-state index in [1.54, 1.807) is 24.3 Å². The molecule has 0 heterocycles. The summed E-state index contributed by atoms with van der Waals surface area (Å²) in [5.41, 5.74) is 0.613. The molecule has 0 aromatic heterocycles. The average molecular weight is 251 g/mol. The highest BCUT2D eigenvalue weighted by Gasteiger charge is 2.03. The molecular weight excluding hydrogens is 238 g/mol. The summed E-state index contributed by atoms with van der Waals surface area (Å²) in [5.74, 6) is 0. The first-order chi connectivity index (χ1) is 8.27. The number of aliphatic hydroxyl groups excluding tert-OH is 1. The van der Waals surface area contributed by atoms with Crippen LogP contribution in [0.15, 0.2) is 41.9 Å². The Morgan fingerprint density at radius 3 is 2.65 bits per heavy atom. The van der Waals surface area contributed by atoms with Crippen LogP contribution < -0.4 is 0 Å². The summed E-state index contributed by atoms with van der Waals surface area (Å²) in [6, 6.07) is 8.89. The zero-order chi connectivity index (χ0) is 12.5. The summed E-state index contributed by atoms with van der Waals surface area (Å²) < 4.78 is 0. The van der Waals surface area contributed by atoms with Crippen LogP contribution in [0.25, 0.3) is 0 Å². The SMILES string of the molecule is O=CN(/C=C/SC(=O)c1ccccc1)CCO. The lowest BCUT2D eigenvalue weighted by Gasteiger charge is -2.08. The molecule has 0 aliphatic heterocycles. The summed E-state index contributed by atoms with van der Waals surface area (Å²) >= 11 is 0.997. The largest absolute Gasteiger partial charge is 0.395 e. The van der Waals surface area contributed by atoms with Crippen LogP contribution in [0.2, 0.25) is 0 Å². The number of benzene rings is 1. The molecule has 1 aromatic carbocycles. The third kappa shape index (κ3) is 4.84. The van der Waals surface area contributed by atoms with Crippen LogP contribution in [-0.4, -0.2) is 34.7 Å². The van der Waals surface area contributed by atoms with E-state index in [1.807, 2.05) is 6.07 Å². The van der Waals surface area contributed by atoms with Gasteiger partial charge in [-0.1, -0.05) is 42.1 Å². The van der Waals surface area contributed by atoms with Gasteiger partial charge >= 0.3 is 0 Å². The molecule has 0 saturated heterocycles. The molecule has 0 unspecified atom stereocenters. The molecule has 17 heavy (non-hydrogen) atoms. The quantitative estimate of drug-likeness (QED) is 0.778. The smallest absolute Gasteiger partial charge is 0.223 e. The van der Waals surface area contributed by atoms with E-state index in [9.17, 15) is 9.59 Å². The number of rotatable bonds is 6. The Balaban J connectivity index is 2.48. The second kappa shape index (κ2) is 7.65. The fraction of sp³-hybridized carbons (Fsp3) is 0.167. The maximum atomic E-state index is 11.6. The zero-order valence-electron chi connectivity index (χ0n) is 9.15. The molecule has 5 heteroatoms. The molecule has 1 amide bonds. The predicted octanol–water partition coefficient (Wildman–Crippen LogP) is 1.48. The first-order valence-electron chi connectivity index (χ1n) is 5.02. The van der Waals surface area contributed by atoms with Crippen molar-refractivity contribution in [1.82, 2.24) is 4.90 Å². The molecule has 1 rings (SSSR count). The van der Waals surface area contributed by atoms with E-state index in [4.69, 9.17) is 5.11 Å². The van der Waals surface area contributed by atoms with E-state index in [1.165, 1.54) is 16.5 Å². The minimum absolute atomic E-state index is 0.0864. The van der Waals surface area contributed by atoms with E-state index in [2.05, 4.69) is 0 Å². The second-order valence-corrected chi connectivity index (χ2v) is 4.00. The minimum Gasteiger partial charge on any atom is -0.395 e. The van der Waals surface area contributed by atoms with Crippen LogP contribution in [0.4, 0.5) is 0 Å². The molecule has 1 N–H and O–H groups in total. The van der Waals surface area contributed by atoms with Crippen molar-refractivity contribution in [3.63, 3.8) is 0 Å². The molecule has 4 nitrogen and oxygen atoms in total. The molecule has 0 bridgehead atoms. The van der Waals surface area contributed by atoms with Crippen molar-refractivity contribution in [3.8, 4) is 0 Å². The number of hydrogen-bond acceptors (Lipinski definition) is 4. The number of amides is 1. The van der Waals surface area contributed by atoms with Gasteiger partial charge in [-0.25, -0.2) is 0 Å². The van der Waals surface area contributed by atoms with Gasteiger partial charge in [0.25, 0.3) is 0 Å². The summed E-state index contributed by atoms with van der Waals surface area (Å²) in [6.07, 6.45) is 2.06. The Kier molecular flexibility index (Phi) is 6.06. The lowest BCUT2D eigenvalue weighted by Crippen LogP contribution is -2.18. The Labute approximate surface area is 104 Å². The summed E-state index contributed by atoms with van der Waals surface area (Å²) in [5, 5.41) is 10.1. The standard InChI is InChI=1S/C12H13NO3S/c14-8-6-13(10-15)7-9-17-12(16)11-4-2-1-3-5-11/h1-5,7,9-10,14H,6,8H2/b9-7+. The Morgan fingerprint density at radius 1 is 1.35 bits per heavy atom. The van der Waals surface area contributed by atoms with Crippen LogP contribution >= 0.6 is 11.8 Å². The first kappa shape index (κ1) is 13.5. The van der Waals surface area contributed by atoms with Gasteiger partial charge in [0.15, 0.2) is 0 Å². The highest BCUT2D eigenvalue weighted by atomic mass is 32.2. The van der Waals surface area contributed by atoms with Crippen LogP contribution in [0.3, 0.4) is 0 Å². The average Bonchev–Trinajstić information content (AvgIpc) is 2.38. The van der Waals surface area contributed by atoms with E-state index in [0.717, 1.165) is 11.8 Å². The molecule has 0 fully saturated rings. The highest BCUT2D eigenvalue weighted by molar-refractivity contribution is 8.16. The maximum Gasteiger partial charge on any atom is 0.223 e. The monoisotopic (exact) mass is 251 g/mol. The zero-order valence-corrected chi connectivity index (χ0v) is 9.97. The van der Waals surface area contributed by atoms with E-state index >= 15 is 0 Å². The van der Waals surface area contributed by atoms with E-state index in [0.29, 0.717) is 12.0 Å². The van der Waals surface area contributed by atoms with Gasteiger partial charge in [0.05, 0.1) is 6.61 Å². The number of thioether (sulfide) groups is 1. The van der Waals surface area contributed by atoms with Crippen LogP contribution in [0.1, 0.15) is 10.4 Å². The molecule has 0 aliphatic rings. The number of aliphatic hydroxyl groups is 1. The summed E-state index contributed by atoms with van der Waals surface area (Å²) in [7, 11) is 0. The Hall–Kier alpha value is -1.59. The third-order valence-corrected chi connectivity index (χ3v) is 2.64. The molecule has 0 radical (unpaired) electrons. The van der Waals surface area contributed by atoms with Crippen molar-refractivity contribution in [1.29, 1.82) is 0 Å². The highest BCUT2D eigenvalue weighted by Crippen LogP contribution is 2.13. The van der Waals surface area contributed by atoms with Gasteiger partial charge in [0, 0.05) is 18.3 Å². The predicted molar refractivity (Wildman–Crippen MR) is 67.4 cm³/mol. The van der Waals surface area contributed by atoms with Crippen LogP contribution in [-0.2, 0) is 4.79 Å². The molecule has 0 atom stereocenters. The van der Waals surface area contributed by atoms with Crippen molar-refractivity contribution in [2.24, 2.45) is 0 Å². The second-order valence-electron chi connectivity index (χ2n) is 3.12. The van der Waals surface area contributed by atoms with Crippen molar-refractivity contribution in [2.75, 3.05) is 13.2 Å². The van der Waals surface area contributed by atoms with E-state index < -0.39 is 0 Å². The topological polar surface area (TPSA) is 57.6 Å². The van der Waals surface area contributed by atoms with Crippen LogP contribution in [0, 0.1) is 0 Å². The van der Waals surface area contributed by atoms with Crippen molar-refractivity contribution in [2.45, 2.75) is 0 Å². The summed E-state index contributed by atoms with van der Waals surface area (Å²) in [6.45, 7) is 0.112. The molecule has 0 aliphatic carbocycles. The Bertz CT molecular complexity index is 392. The van der Waals surface area contributed by atoms with Gasteiger partial charge in [0.1, 0.15) is 0 Å². The van der Waals surface area contributed by atoms with Crippen LogP contribution in [0.5, 0.6) is 0 Å². The van der Waals surface area contributed by atoms with Gasteiger partial charge < -0.3 is 10.0 Å². The van der Waals surface area contributed by atoms with Crippen molar-refractivity contribution >= 4 is 23.3 Å². The molecular formula is C12H13NO3S. The maximum absolute atomic E-state index is 11.6. The lowest BCUT2D eigenvalue weighted by molar-refractivity contribution is -0.116. The number of carbonyl (C=O) groups is 2. The lowest BCUT2D eigenvalue weighted by atomic mass is 10.2. The first-order valence-corrected chi connectivity index (χ1v) is 5.90. The number of carbonyl (C=O) groups excluding carboxylic acids is 2. The number of nitrogens with zero attached hydrogens (tertiary/aromatic N) is 1. The summed E-state index contributed by atoms with van der Waals surface area (Å²) in [4.78, 5) is 23.4. The van der Waals surface area contributed by atoms with E-state index in [-0.39, 0.29) is 18.3 Å². The Morgan fingerprint density at radius 2 is 2.06 bits per heavy atom. The normalized spacial score (nSPS) is 10.4. The fourth-order valence-corrected chi connectivity index (χ4v) is 1.70. The fourth-order valence-electron chi connectivity index (χ4n) is 1.09. The minimum atomic E-state index is -0.111. The molecule has 0 saturated carbocycles.